The van der Waals surface area contributed by atoms with Gasteiger partial charge in [-0.1, -0.05) is 31.2 Å². The van der Waals surface area contributed by atoms with Crippen LogP contribution in [0, 0.1) is 5.92 Å². The summed E-state index contributed by atoms with van der Waals surface area (Å²) in [5.41, 5.74) is 2.05. The lowest BCUT2D eigenvalue weighted by molar-refractivity contribution is 0.0875. The molecule has 1 saturated carbocycles. The Labute approximate surface area is 156 Å². The summed E-state index contributed by atoms with van der Waals surface area (Å²) in [5, 5.41) is 0.462. The van der Waals surface area contributed by atoms with E-state index in [1.165, 1.54) is 18.9 Å². The third-order valence-corrected chi connectivity index (χ3v) is 6.19. The minimum Gasteiger partial charge on any atom is -0.477 e. The van der Waals surface area contributed by atoms with Gasteiger partial charge in [0.05, 0.1) is 6.61 Å². The van der Waals surface area contributed by atoms with Crippen LogP contribution in [0.3, 0.4) is 0 Å². The van der Waals surface area contributed by atoms with Crippen molar-refractivity contribution in [3.63, 3.8) is 0 Å². The van der Waals surface area contributed by atoms with Gasteiger partial charge in [-0.15, -0.1) is 0 Å². The molecule has 0 saturated heterocycles. The highest BCUT2D eigenvalue weighted by atomic mass is 35.5. The Morgan fingerprint density at radius 3 is 2.76 bits per heavy atom. The van der Waals surface area contributed by atoms with Crippen molar-refractivity contribution in [1.82, 2.24) is 9.55 Å². The van der Waals surface area contributed by atoms with Gasteiger partial charge in [-0.3, -0.25) is 0 Å². The summed E-state index contributed by atoms with van der Waals surface area (Å²) < 4.78 is 13.8. The van der Waals surface area contributed by atoms with Gasteiger partial charge in [0.15, 0.2) is 0 Å². The number of ether oxygens (including phenoxy) is 2. The molecule has 2 heterocycles. The molecule has 0 spiro atoms. The molecule has 0 aromatic carbocycles. The number of aromatic nitrogens is 2. The minimum absolute atomic E-state index is 0.462. The topological polar surface area (TPSA) is 36.3 Å². The lowest BCUT2D eigenvalue weighted by Crippen LogP contribution is -2.21. The second kappa shape index (κ2) is 7.93. The zero-order valence-electron chi connectivity index (χ0n) is 15.3. The van der Waals surface area contributed by atoms with Gasteiger partial charge in [-0.2, -0.15) is 0 Å². The smallest absolute Gasteiger partial charge is 0.222 e. The van der Waals surface area contributed by atoms with E-state index in [1.807, 2.05) is 18.3 Å². The molecule has 136 valence electrons. The van der Waals surface area contributed by atoms with Crippen LogP contribution in [0.15, 0.2) is 30.6 Å². The molecule has 0 aliphatic heterocycles. The van der Waals surface area contributed by atoms with Crippen LogP contribution in [0.1, 0.15) is 12.8 Å². The highest BCUT2D eigenvalue weighted by Crippen LogP contribution is 2.33. The summed E-state index contributed by atoms with van der Waals surface area (Å²) in [6.45, 7) is 9.20. The van der Waals surface area contributed by atoms with Gasteiger partial charge in [0.2, 0.25) is 5.88 Å². The first-order valence-electron chi connectivity index (χ1n) is 8.94. The Hall–Kier alpha value is -1.30. The van der Waals surface area contributed by atoms with Crippen molar-refractivity contribution in [2.24, 2.45) is 5.92 Å². The van der Waals surface area contributed by atoms with Crippen LogP contribution in [0.4, 0.5) is 0 Å². The molecule has 1 aliphatic rings. The van der Waals surface area contributed by atoms with E-state index >= 15 is 0 Å². The number of halogens is 1. The molecular weight excluding hydrogens is 352 g/mol. The predicted molar refractivity (Wildman–Crippen MR) is 105 cm³/mol. The first-order valence-corrected chi connectivity index (χ1v) is 13.0. The Balaban J connectivity index is 1.62. The summed E-state index contributed by atoms with van der Waals surface area (Å²) in [7, 11) is -1.04. The fourth-order valence-electron chi connectivity index (χ4n) is 2.46. The molecule has 25 heavy (non-hydrogen) atoms. The number of hydrogen-bond acceptors (Lipinski definition) is 3. The van der Waals surface area contributed by atoms with Crippen molar-refractivity contribution in [3.05, 3.63) is 35.7 Å². The average Bonchev–Trinajstić information content (AvgIpc) is 3.26. The zero-order chi connectivity index (χ0) is 17.9. The van der Waals surface area contributed by atoms with Gasteiger partial charge in [0, 0.05) is 38.2 Å². The van der Waals surface area contributed by atoms with Crippen LogP contribution in [0.2, 0.25) is 30.8 Å². The molecule has 3 rings (SSSR count). The SMILES string of the molecule is C[Si](C)(C)CCOCn1ccc(-c2ccc(Cl)nc2OCC2CC2)c1. The Morgan fingerprint density at radius 2 is 2.04 bits per heavy atom. The van der Waals surface area contributed by atoms with Crippen LogP contribution in [-0.2, 0) is 11.5 Å². The molecule has 0 N–H and O–H groups in total. The maximum atomic E-state index is 6.05. The fraction of sp³-hybridized carbons (Fsp3) is 0.526. The van der Waals surface area contributed by atoms with E-state index in [4.69, 9.17) is 21.1 Å². The van der Waals surface area contributed by atoms with Crippen LogP contribution in [-0.4, -0.2) is 30.8 Å². The summed E-state index contributed by atoms with van der Waals surface area (Å²) in [4.78, 5) is 4.37. The summed E-state index contributed by atoms with van der Waals surface area (Å²) in [5.74, 6) is 1.30. The normalized spacial score (nSPS) is 14.7. The van der Waals surface area contributed by atoms with E-state index in [2.05, 4.69) is 41.5 Å². The van der Waals surface area contributed by atoms with Gasteiger partial charge >= 0.3 is 0 Å². The first-order chi connectivity index (χ1) is 11.9. The summed E-state index contributed by atoms with van der Waals surface area (Å²) in [6.07, 6.45) is 6.61. The fourth-order valence-corrected chi connectivity index (χ4v) is 3.35. The van der Waals surface area contributed by atoms with Crippen LogP contribution in [0.25, 0.3) is 11.1 Å². The van der Waals surface area contributed by atoms with Crippen molar-refractivity contribution in [1.29, 1.82) is 0 Å². The molecule has 4 nitrogen and oxygen atoms in total. The Kier molecular flexibility index (Phi) is 5.87. The van der Waals surface area contributed by atoms with Crippen LogP contribution >= 0.6 is 11.6 Å². The van der Waals surface area contributed by atoms with Gasteiger partial charge in [0.25, 0.3) is 0 Å². The second-order valence-electron chi connectivity index (χ2n) is 8.00. The van der Waals surface area contributed by atoms with E-state index in [9.17, 15) is 0 Å². The minimum atomic E-state index is -1.04. The van der Waals surface area contributed by atoms with Crippen molar-refractivity contribution in [2.45, 2.75) is 45.3 Å². The van der Waals surface area contributed by atoms with E-state index in [-0.39, 0.29) is 0 Å². The molecule has 2 aromatic heterocycles. The van der Waals surface area contributed by atoms with E-state index in [1.54, 1.807) is 0 Å². The Bertz CT molecular complexity index is 708. The maximum absolute atomic E-state index is 6.05. The molecule has 0 radical (unpaired) electrons. The van der Waals surface area contributed by atoms with Gasteiger partial charge in [0.1, 0.15) is 11.9 Å². The molecule has 1 aliphatic carbocycles. The van der Waals surface area contributed by atoms with Crippen molar-refractivity contribution in [3.8, 4) is 17.0 Å². The maximum Gasteiger partial charge on any atom is 0.222 e. The Morgan fingerprint density at radius 1 is 1.24 bits per heavy atom. The van der Waals surface area contributed by atoms with Crippen molar-refractivity contribution < 1.29 is 9.47 Å². The molecule has 0 atom stereocenters. The highest BCUT2D eigenvalue weighted by molar-refractivity contribution is 6.76. The number of nitrogens with zero attached hydrogens (tertiary/aromatic N) is 2. The molecule has 1 fully saturated rings. The van der Waals surface area contributed by atoms with Gasteiger partial charge in [-0.05, 0) is 43.0 Å². The number of rotatable bonds is 9. The van der Waals surface area contributed by atoms with Gasteiger partial charge in [-0.25, -0.2) is 4.98 Å². The molecule has 0 bridgehead atoms. The zero-order valence-corrected chi connectivity index (χ0v) is 17.1. The molecule has 6 heteroatoms. The largest absolute Gasteiger partial charge is 0.477 e. The van der Waals surface area contributed by atoms with Gasteiger partial charge < -0.3 is 14.0 Å². The molecule has 0 amide bonds. The summed E-state index contributed by atoms with van der Waals surface area (Å²) in [6, 6.07) is 7.03. The van der Waals surface area contributed by atoms with E-state index < -0.39 is 8.07 Å². The quantitative estimate of drug-likeness (QED) is 0.337. The third-order valence-electron chi connectivity index (χ3n) is 4.28. The third kappa shape index (κ3) is 5.87. The monoisotopic (exact) mass is 378 g/mol. The van der Waals surface area contributed by atoms with Crippen molar-refractivity contribution in [2.75, 3.05) is 13.2 Å². The van der Waals surface area contributed by atoms with Crippen LogP contribution < -0.4 is 4.74 Å². The molecule has 0 unspecified atom stereocenters. The standard InChI is InChI=1S/C19H27ClN2O2Si/c1-25(2,3)11-10-23-14-22-9-8-16(12-22)17-6-7-18(20)21-19(17)24-13-15-4-5-15/h6-9,12,15H,4-5,10-11,13-14H2,1-3H3. The van der Waals surface area contributed by atoms with E-state index in [0.29, 0.717) is 23.7 Å². The molecule has 2 aromatic rings. The lowest BCUT2D eigenvalue weighted by atomic mass is 10.1. The number of pyridine rings is 1. The lowest BCUT2D eigenvalue weighted by Gasteiger charge is -2.15. The second-order valence-corrected chi connectivity index (χ2v) is 14.0. The van der Waals surface area contributed by atoms with Crippen LogP contribution in [0.5, 0.6) is 5.88 Å². The average molecular weight is 379 g/mol. The first kappa shape index (κ1) is 18.5. The molecular formula is C19H27ClN2O2Si. The number of hydrogen-bond donors (Lipinski definition) is 0. The predicted octanol–water partition coefficient (Wildman–Crippen LogP) is 5.30. The summed E-state index contributed by atoms with van der Waals surface area (Å²) >= 11 is 6.05. The van der Waals surface area contributed by atoms with E-state index in [0.717, 1.165) is 24.3 Å². The van der Waals surface area contributed by atoms with Crippen molar-refractivity contribution >= 4 is 19.7 Å². The highest BCUT2D eigenvalue weighted by Gasteiger charge is 2.23.